The third kappa shape index (κ3) is 3.64. The van der Waals surface area contributed by atoms with E-state index in [1.807, 2.05) is 55.8 Å². The zero-order valence-electron chi connectivity index (χ0n) is 16.0. The van der Waals surface area contributed by atoms with Crippen LogP contribution in [0.2, 0.25) is 0 Å². The lowest BCUT2D eigenvalue weighted by molar-refractivity contribution is 0.102. The number of hydrogen-bond acceptors (Lipinski definition) is 5. The Morgan fingerprint density at radius 1 is 1.18 bits per heavy atom. The summed E-state index contributed by atoms with van der Waals surface area (Å²) in [5, 5.41) is 6.92. The van der Waals surface area contributed by atoms with E-state index < -0.39 is 0 Å². The van der Waals surface area contributed by atoms with E-state index in [1.54, 1.807) is 18.5 Å². The Labute approximate surface area is 162 Å². The summed E-state index contributed by atoms with van der Waals surface area (Å²) >= 11 is 0. The van der Waals surface area contributed by atoms with E-state index in [-0.39, 0.29) is 11.8 Å². The number of imidazole rings is 1. The standard InChI is InChI=1S/C21H21N5O2/c1-13(2)21-24-19(25-28-21)10-14-4-7-16(8-5-14)23-20(27)15-6-9-18-17(11-15)22-12-26(18)3/h4-9,11-13H,10H2,1-3H3,(H,23,27). The number of benzene rings is 2. The van der Waals surface area contributed by atoms with Gasteiger partial charge in [0.1, 0.15) is 0 Å². The Hall–Kier alpha value is -3.48. The molecule has 0 saturated heterocycles. The second-order valence-electron chi connectivity index (χ2n) is 7.09. The maximum Gasteiger partial charge on any atom is 0.255 e. The van der Waals surface area contributed by atoms with Gasteiger partial charge in [0.25, 0.3) is 5.91 Å². The lowest BCUT2D eigenvalue weighted by atomic mass is 10.1. The van der Waals surface area contributed by atoms with Crippen molar-refractivity contribution in [3.63, 3.8) is 0 Å². The van der Waals surface area contributed by atoms with Crippen LogP contribution in [0.4, 0.5) is 5.69 Å². The average Bonchev–Trinajstić information content (AvgIpc) is 3.30. The first-order valence-corrected chi connectivity index (χ1v) is 9.13. The highest BCUT2D eigenvalue weighted by molar-refractivity contribution is 6.05. The van der Waals surface area contributed by atoms with Crippen LogP contribution in [0.15, 0.2) is 53.3 Å². The van der Waals surface area contributed by atoms with E-state index in [2.05, 4.69) is 20.4 Å². The fourth-order valence-corrected chi connectivity index (χ4v) is 2.94. The van der Waals surface area contributed by atoms with E-state index >= 15 is 0 Å². The molecule has 0 saturated carbocycles. The van der Waals surface area contributed by atoms with Crippen molar-refractivity contribution in [1.82, 2.24) is 19.7 Å². The number of carbonyl (C=O) groups excluding carboxylic acids is 1. The van der Waals surface area contributed by atoms with Crippen LogP contribution in [0.25, 0.3) is 11.0 Å². The Bertz CT molecular complexity index is 1130. The van der Waals surface area contributed by atoms with Crippen LogP contribution in [0, 0.1) is 0 Å². The Morgan fingerprint density at radius 2 is 1.96 bits per heavy atom. The Morgan fingerprint density at radius 3 is 2.68 bits per heavy atom. The van der Waals surface area contributed by atoms with Gasteiger partial charge in [-0.1, -0.05) is 31.1 Å². The first-order valence-electron chi connectivity index (χ1n) is 9.13. The van der Waals surface area contributed by atoms with Crippen LogP contribution in [0.3, 0.4) is 0 Å². The predicted molar refractivity (Wildman–Crippen MR) is 106 cm³/mol. The van der Waals surface area contributed by atoms with Crippen LogP contribution < -0.4 is 5.32 Å². The molecule has 0 atom stereocenters. The number of aromatic nitrogens is 4. The topological polar surface area (TPSA) is 85.8 Å². The van der Waals surface area contributed by atoms with Crippen molar-refractivity contribution in [2.75, 3.05) is 5.32 Å². The van der Waals surface area contributed by atoms with E-state index in [0.29, 0.717) is 23.7 Å². The zero-order valence-corrected chi connectivity index (χ0v) is 16.0. The molecule has 0 bridgehead atoms. The highest BCUT2D eigenvalue weighted by atomic mass is 16.5. The normalized spacial score (nSPS) is 11.3. The van der Waals surface area contributed by atoms with E-state index in [0.717, 1.165) is 22.3 Å². The van der Waals surface area contributed by atoms with E-state index in [4.69, 9.17) is 4.52 Å². The smallest absolute Gasteiger partial charge is 0.255 e. The minimum atomic E-state index is -0.167. The molecule has 4 rings (SSSR count). The molecule has 142 valence electrons. The van der Waals surface area contributed by atoms with E-state index in [9.17, 15) is 4.79 Å². The third-order valence-corrected chi connectivity index (χ3v) is 4.54. The molecule has 0 aliphatic rings. The molecule has 7 nitrogen and oxygen atoms in total. The van der Waals surface area contributed by atoms with Gasteiger partial charge in [-0.2, -0.15) is 4.98 Å². The molecule has 0 radical (unpaired) electrons. The molecule has 0 unspecified atom stereocenters. The van der Waals surface area contributed by atoms with Crippen LogP contribution in [0.1, 0.15) is 47.4 Å². The number of aryl methyl sites for hydroxylation is 1. The molecule has 0 aliphatic heterocycles. The van der Waals surface area contributed by atoms with Gasteiger partial charge < -0.3 is 14.4 Å². The fourth-order valence-electron chi connectivity index (χ4n) is 2.94. The predicted octanol–water partition coefficient (Wildman–Crippen LogP) is 3.92. The average molecular weight is 375 g/mol. The quantitative estimate of drug-likeness (QED) is 0.571. The molecule has 4 aromatic rings. The largest absolute Gasteiger partial charge is 0.339 e. The zero-order chi connectivity index (χ0) is 19.7. The van der Waals surface area contributed by atoms with Gasteiger partial charge >= 0.3 is 0 Å². The summed E-state index contributed by atoms with van der Waals surface area (Å²) in [4.78, 5) is 21.2. The molecule has 0 spiro atoms. The summed E-state index contributed by atoms with van der Waals surface area (Å²) in [5.41, 5.74) is 4.13. The molecule has 2 heterocycles. The Kier molecular flexibility index (Phi) is 4.65. The minimum absolute atomic E-state index is 0.167. The van der Waals surface area contributed by atoms with Crippen molar-refractivity contribution in [3.8, 4) is 0 Å². The highest BCUT2D eigenvalue weighted by Gasteiger charge is 2.11. The number of amides is 1. The van der Waals surface area contributed by atoms with E-state index in [1.165, 1.54) is 0 Å². The number of nitrogens with one attached hydrogen (secondary N) is 1. The van der Waals surface area contributed by atoms with Crippen LogP contribution in [-0.2, 0) is 13.5 Å². The number of anilines is 1. The third-order valence-electron chi connectivity index (χ3n) is 4.54. The number of nitrogens with zero attached hydrogens (tertiary/aromatic N) is 4. The number of fused-ring (bicyclic) bond motifs is 1. The monoisotopic (exact) mass is 375 g/mol. The van der Waals surface area contributed by atoms with Crippen molar-refractivity contribution in [1.29, 1.82) is 0 Å². The van der Waals surface area contributed by atoms with Gasteiger partial charge in [0.15, 0.2) is 5.82 Å². The summed E-state index contributed by atoms with van der Waals surface area (Å²) in [6.07, 6.45) is 2.32. The maximum atomic E-state index is 12.5. The second-order valence-corrected chi connectivity index (χ2v) is 7.09. The van der Waals surface area contributed by atoms with Crippen molar-refractivity contribution < 1.29 is 9.32 Å². The number of rotatable bonds is 5. The SMILES string of the molecule is CC(C)c1nc(Cc2ccc(NC(=O)c3ccc4c(c3)ncn4C)cc2)no1. The van der Waals surface area contributed by atoms with Crippen LogP contribution >= 0.6 is 0 Å². The summed E-state index contributed by atoms with van der Waals surface area (Å²) in [7, 11) is 1.93. The van der Waals surface area contributed by atoms with Gasteiger partial charge in [0.2, 0.25) is 5.89 Å². The Balaban J connectivity index is 1.43. The van der Waals surface area contributed by atoms with Gasteiger partial charge in [-0.15, -0.1) is 0 Å². The molecule has 1 N–H and O–H groups in total. The summed E-state index contributed by atoms with van der Waals surface area (Å²) in [6, 6.07) is 13.1. The first-order chi connectivity index (χ1) is 13.5. The minimum Gasteiger partial charge on any atom is -0.339 e. The lowest BCUT2D eigenvalue weighted by Crippen LogP contribution is -2.11. The van der Waals surface area contributed by atoms with Crippen molar-refractivity contribution in [3.05, 3.63) is 71.6 Å². The molecule has 28 heavy (non-hydrogen) atoms. The molecule has 2 aromatic carbocycles. The fraction of sp³-hybridized carbons (Fsp3) is 0.238. The van der Waals surface area contributed by atoms with Gasteiger partial charge in [-0.25, -0.2) is 4.98 Å². The van der Waals surface area contributed by atoms with Crippen LogP contribution in [0.5, 0.6) is 0 Å². The number of carbonyl (C=O) groups is 1. The molecule has 0 fully saturated rings. The molecular weight excluding hydrogens is 354 g/mol. The van der Waals surface area contributed by atoms with Gasteiger partial charge in [0.05, 0.1) is 17.4 Å². The molecule has 2 aromatic heterocycles. The van der Waals surface area contributed by atoms with Gasteiger partial charge in [0, 0.05) is 30.6 Å². The second kappa shape index (κ2) is 7.26. The molecule has 1 amide bonds. The summed E-state index contributed by atoms with van der Waals surface area (Å²) < 4.78 is 7.15. The van der Waals surface area contributed by atoms with Crippen LogP contribution in [-0.4, -0.2) is 25.6 Å². The van der Waals surface area contributed by atoms with Gasteiger partial charge in [-0.3, -0.25) is 4.79 Å². The molecule has 7 heteroatoms. The summed E-state index contributed by atoms with van der Waals surface area (Å²) in [5.74, 6) is 1.34. The summed E-state index contributed by atoms with van der Waals surface area (Å²) in [6.45, 7) is 4.03. The lowest BCUT2D eigenvalue weighted by Gasteiger charge is -2.06. The highest BCUT2D eigenvalue weighted by Crippen LogP contribution is 2.18. The first kappa shape index (κ1) is 17.9. The number of hydrogen-bond donors (Lipinski definition) is 1. The van der Waals surface area contributed by atoms with Crippen molar-refractivity contribution >= 4 is 22.6 Å². The van der Waals surface area contributed by atoms with Crippen molar-refractivity contribution in [2.24, 2.45) is 7.05 Å². The van der Waals surface area contributed by atoms with Gasteiger partial charge in [-0.05, 0) is 35.9 Å². The maximum absolute atomic E-state index is 12.5. The van der Waals surface area contributed by atoms with Crippen molar-refractivity contribution in [2.45, 2.75) is 26.2 Å². The molecular formula is C21H21N5O2. The molecule has 0 aliphatic carbocycles.